The Labute approximate surface area is 159 Å². The zero-order chi connectivity index (χ0) is 18.3. The molecule has 2 heterocycles. The topological polar surface area (TPSA) is 61.9 Å². The summed E-state index contributed by atoms with van der Waals surface area (Å²) in [5.74, 6) is 0.611. The van der Waals surface area contributed by atoms with E-state index in [0.717, 1.165) is 10.5 Å². The molecule has 0 aliphatic heterocycles. The summed E-state index contributed by atoms with van der Waals surface area (Å²) in [5.41, 5.74) is 1.47. The first-order chi connectivity index (χ1) is 12.5. The molecule has 132 valence electrons. The fraction of sp³-hybridized carbons (Fsp3) is 0.211. The van der Waals surface area contributed by atoms with Gasteiger partial charge in [-0.25, -0.2) is 9.97 Å². The minimum atomic E-state index is -0.150. The van der Waals surface area contributed by atoms with E-state index in [0.29, 0.717) is 28.3 Å². The molecule has 2 aromatic carbocycles. The maximum atomic E-state index is 12.3. The molecule has 1 N–H and O–H groups in total. The zero-order valence-corrected chi connectivity index (χ0v) is 15.9. The summed E-state index contributed by atoms with van der Waals surface area (Å²) in [5, 5.41) is 2.15. The summed E-state index contributed by atoms with van der Waals surface area (Å²) < 4.78 is 1.18. The van der Waals surface area contributed by atoms with Crippen LogP contribution in [-0.2, 0) is 6.54 Å². The molecule has 1 atom stereocenters. The van der Waals surface area contributed by atoms with Gasteiger partial charge < -0.3 is 4.98 Å². The van der Waals surface area contributed by atoms with Crippen LogP contribution in [0, 0.1) is 0 Å². The van der Waals surface area contributed by atoms with Crippen LogP contribution in [0.15, 0.2) is 47.3 Å². The molecule has 5 nitrogen and oxygen atoms in total. The van der Waals surface area contributed by atoms with Crippen molar-refractivity contribution in [1.82, 2.24) is 19.9 Å². The molecule has 0 spiro atoms. The molecule has 0 bridgehead atoms. The Morgan fingerprint density at radius 3 is 2.81 bits per heavy atom. The summed E-state index contributed by atoms with van der Waals surface area (Å²) in [6.45, 7) is 2.61. The largest absolute Gasteiger partial charge is 0.309 e. The summed E-state index contributed by atoms with van der Waals surface area (Å²) in [7, 11) is 2.00. The van der Waals surface area contributed by atoms with Crippen LogP contribution in [0.4, 0.5) is 0 Å². The monoisotopic (exact) mass is 384 g/mol. The number of para-hydroxylation sites is 1. The summed E-state index contributed by atoms with van der Waals surface area (Å²) in [6, 6.07) is 13.3. The van der Waals surface area contributed by atoms with Gasteiger partial charge in [-0.1, -0.05) is 23.7 Å². The highest BCUT2D eigenvalue weighted by Crippen LogP contribution is 2.29. The van der Waals surface area contributed by atoms with E-state index in [1.54, 1.807) is 29.5 Å². The second-order valence-electron chi connectivity index (χ2n) is 6.29. The third kappa shape index (κ3) is 3.23. The summed E-state index contributed by atoms with van der Waals surface area (Å²) in [6.07, 6.45) is 0. The molecular formula is C19H17ClN4OS. The molecule has 4 aromatic rings. The Bertz CT molecular complexity index is 1120. The number of rotatable bonds is 4. The normalized spacial score (nSPS) is 12.9. The van der Waals surface area contributed by atoms with Gasteiger partial charge in [0.15, 0.2) is 0 Å². The molecule has 2 aromatic heterocycles. The molecular weight excluding hydrogens is 368 g/mol. The highest BCUT2D eigenvalue weighted by atomic mass is 35.5. The predicted octanol–water partition coefficient (Wildman–Crippen LogP) is 4.38. The Balaban J connectivity index is 1.61. The van der Waals surface area contributed by atoms with Gasteiger partial charge in [-0.3, -0.25) is 9.69 Å². The van der Waals surface area contributed by atoms with Crippen LogP contribution >= 0.6 is 22.9 Å². The molecule has 0 aliphatic carbocycles. The lowest BCUT2D eigenvalue weighted by molar-refractivity contribution is 0.246. The van der Waals surface area contributed by atoms with Gasteiger partial charge in [-0.2, -0.15) is 0 Å². The molecule has 0 radical (unpaired) electrons. The molecule has 7 heteroatoms. The Kier molecular flexibility index (Phi) is 4.48. The molecule has 0 amide bonds. The van der Waals surface area contributed by atoms with Crippen molar-refractivity contribution in [3.63, 3.8) is 0 Å². The number of benzene rings is 2. The zero-order valence-electron chi connectivity index (χ0n) is 14.4. The maximum Gasteiger partial charge on any atom is 0.258 e. The third-order valence-electron chi connectivity index (χ3n) is 4.45. The van der Waals surface area contributed by atoms with Crippen LogP contribution in [0.2, 0.25) is 5.02 Å². The SMILES string of the molecule is C[C@@H](c1nc2ccccc2s1)N(C)Cc1nc2cc(Cl)ccc2c(=O)[nH]1. The van der Waals surface area contributed by atoms with Crippen LogP contribution in [0.25, 0.3) is 21.1 Å². The van der Waals surface area contributed by atoms with Crippen molar-refractivity contribution < 1.29 is 0 Å². The molecule has 0 saturated carbocycles. The van der Waals surface area contributed by atoms with Crippen LogP contribution in [0.1, 0.15) is 23.8 Å². The summed E-state index contributed by atoms with van der Waals surface area (Å²) >= 11 is 7.72. The predicted molar refractivity (Wildman–Crippen MR) is 107 cm³/mol. The van der Waals surface area contributed by atoms with Gasteiger partial charge in [0.05, 0.1) is 33.7 Å². The average molecular weight is 385 g/mol. The number of aromatic amines is 1. The fourth-order valence-electron chi connectivity index (χ4n) is 2.87. The number of hydrogen-bond donors (Lipinski definition) is 1. The quantitative estimate of drug-likeness (QED) is 0.567. The molecule has 0 fully saturated rings. The number of halogens is 1. The van der Waals surface area contributed by atoms with Crippen molar-refractivity contribution in [2.75, 3.05) is 7.05 Å². The number of nitrogens with zero attached hydrogens (tertiary/aromatic N) is 3. The van der Waals surface area contributed by atoms with Crippen LogP contribution in [0.3, 0.4) is 0 Å². The molecule has 0 aliphatic rings. The molecule has 4 rings (SSSR count). The first-order valence-corrected chi connectivity index (χ1v) is 9.45. The summed E-state index contributed by atoms with van der Waals surface area (Å²) in [4.78, 5) is 26.5. The van der Waals surface area contributed by atoms with E-state index in [2.05, 4.69) is 27.9 Å². The number of H-pyrrole nitrogens is 1. The van der Waals surface area contributed by atoms with Crippen molar-refractivity contribution in [2.24, 2.45) is 0 Å². The average Bonchev–Trinajstić information content (AvgIpc) is 3.04. The van der Waals surface area contributed by atoms with E-state index in [4.69, 9.17) is 16.6 Å². The maximum absolute atomic E-state index is 12.3. The first kappa shape index (κ1) is 17.1. The lowest BCUT2D eigenvalue weighted by atomic mass is 10.2. The van der Waals surface area contributed by atoms with Crippen LogP contribution < -0.4 is 5.56 Å². The minimum Gasteiger partial charge on any atom is -0.309 e. The smallest absolute Gasteiger partial charge is 0.258 e. The van der Waals surface area contributed by atoms with Gasteiger partial charge >= 0.3 is 0 Å². The number of aromatic nitrogens is 3. The number of fused-ring (bicyclic) bond motifs is 2. The van der Waals surface area contributed by atoms with E-state index >= 15 is 0 Å². The van der Waals surface area contributed by atoms with Crippen LogP contribution in [-0.4, -0.2) is 26.9 Å². The van der Waals surface area contributed by atoms with E-state index in [9.17, 15) is 4.79 Å². The van der Waals surface area contributed by atoms with Crippen molar-refractivity contribution in [2.45, 2.75) is 19.5 Å². The van der Waals surface area contributed by atoms with Crippen molar-refractivity contribution >= 4 is 44.1 Å². The minimum absolute atomic E-state index is 0.104. The second-order valence-corrected chi connectivity index (χ2v) is 7.78. The molecule has 0 saturated heterocycles. The Hall–Kier alpha value is -2.28. The van der Waals surface area contributed by atoms with Crippen molar-refractivity contribution in [3.8, 4) is 0 Å². The molecule has 26 heavy (non-hydrogen) atoms. The standard InChI is InChI=1S/C19H17ClN4OS/c1-11(19-22-14-5-3-4-6-16(14)26-19)24(2)10-17-21-15-9-12(20)7-8-13(15)18(25)23-17/h3-9,11H,10H2,1-2H3,(H,21,23,25)/t11-/m0/s1. The highest BCUT2D eigenvalue weighted by Gasteiger charge is 2.17. The highest BCUT2D eigenvalue weighted by molar-refractivity contribution is 7.18. The van der Waals surface area contributed by atoms with E-state index in [1.807, 2.05) is 25.2 Å². The fourth-order valence-corrected chi connectivity index (χ4v) is 4.12. The third-order valence-corrected chi connectivity index (χ3v) is 5.89. The first-order valence-electron chi connectivity index (χ1n) is 8.25. The van der Waals surface area contributed by atoms with Crippen LogP contribution in [0.5, 0.6) is 0 Å². The lowest BCUT2D eigenvalue weighted by Crippen LogP contribution is -2.25. The number of hydrogen-bond acceptors (Lipinski definition) is 5. The number of nitrogens with one attached hydrogen (secondary N) is 1. The van der Waals surface area contributed by atoms with E-state index in [1.165, 1.54) is 4.70 Å². The lowest BCUT2D eigenvalue weighted by Gasteiger charge is -2.22. The second kappa shape index (κ2) is 6.79. The van der Waals surface area contributed by atoms with Gasteiger partial charge in [0.2, 0.25) is 0 Å². The Morgan fingerprint density at radius 2 is 2.00 bits per heavy atom. The Morgan fingerprint density at radius 1 is 1.19 bits per heavy atom. The van der Waals surface area contributed by atoms with Gasteiger partial charge in [-0.15, -0.1) is 11.3 Å². The van der Waals surface area contributed by atoms with Gasteiger partial charge in [-0.05, 0) is 44.3 Å². The van der Waals surface area contributed by atoms with Gasteiger partial charge in [0.1, 0.15) is 10.8 Å². The van der Waals surface area contributed by atoms with Gasteiger partial charge in [0, 0.05) is 5.02 Å². The van der Waals surface area contributed by atoms with E-state index < -0.39 is 0 Å². The van der Waals surface area contributed by atoms with Crippen molar-refractivity contribution in [1.29, 1.82) is 0 Å². The van der Waals surface area contributed by atoms with E-state index in [-0.39, 0.29) is 11.6 Å². The molecule has 0 unspecified atom stereocenters. The number of thiazole rings is 1. The van der Waals surface area contributed by atoms with Crippen molar-refractivity contribution in [3.05, 3.63) is 68.7 Å². The van der Waals surface area contributed by atoms with Gasteiger partial charge in [0.25, 0.3) is 5.56 Å².